The molecule has 8 nitrogen and oxygen atoms in total. The van der Waals surface area contributed by atoms with Gasteiger partial charge in [-0.3, -0.25) is 10.2 Å². The van der Waals surface area contributed by atoms with Crippen LogP contribution < -0.4 is 10.3 Å². The number of nitrogens with zero attached hydrogens (tertiary/aromatic N) is 1. The Kier molecular flexibility index (Phi) is 8.17. The van der Waals surface area contributed by atoms with Crippen molar-refractivity contribution in [3.05, 3.63) is 59.4 Å². The number of piperidine rings is 1. The Labute approximate surface area is 205 Å². The number of likely N-dealkylation sites (tertiary alicyclic amines) is 1. The van der Waals surface area contributed by atoms with Gasteiger partial charge < -0.3 is 9.64 Å². The van der Waals surface area contributed by atoms with E-state index in [0.29, 0.717) is 24.9 Å². The molecule has 35 heavy (non-hydrogen) atoms. The Morgan fingerprint density at radius 3 is 2.49 bits per heavy atom. The number of aryl methyl sites for hydroxylation is 1. The second-order valence-corrected chi connectivity index (χ2v) is 11.6. The second-order valence-electron chi connectivity index (χ2n) is 9.79. The van der Waals surface area contributed by atoms with Crippen molar-refractivity contribution in [2.75, 3.05) is 18.8 Å². The maximum Gasteiger partial charge on any atom is 0.410 e. The van der Waals surface area contributed by atoms with Gasteiger partial charge in [-0.25, -0.2) is 17.6 Å². The predicted octanol–water partition coefficient (Wildman–Crippen LogP) is 4.01. The Balaban J connectivity index is 1.63. The molecule has 2 amide bonds. The third-order valence-electron chi connectivity index (χ3n) is 5.55. The number of sulfonamides is 1. The van der Waals surface area contributed by atoms with Gasteiger partial charge in [-0.05, 0) is 75.3 Å². The van der Waals surface area contributed by atoms with E-state index < -0.39 is 33.4 Å². The van der Waals surface area contributed by atoms with Crippen LogP contribution in [0.1, 0.15) is 49.5 Å². The van der Waals surface area contributed by atoms with E-state index in [2.05, 4.69) is 10.3 Å². The summed E-state index contributed by atoms with van der Waals surface area (Å²) in [6.45, 7) is 7.57. The molecule has 1 aliphatic heterocycles. The number of hydrazine groups is 1. The number of carbonyl (C=O) groups is 2. The first kappa shape index (κ1) is 26.6. The highest BCUT2D eigenvalue weighted by Gasteiger charge is 2.30. The van der Waals surface area contributed by atoms with Crippen LogP contribution in [0.5, 0.6) is 0 Å². The van der Waals surface area contributed by atoms with Crippen LogP contribution in [-0.2, 0) is 14.8 Å². The predicted molar refractivity (Wildman–Crippen MR) is 131 cm³/mol. The molecule has 1 heterocycles. The highest BCUT2D eigenvalue weighted by atomic mass is 32.2. The third kappa shape index (κ3) is 7.50. The van der Waals surface area contributed by atoms with Crippen LogP contribution in [0, 0.1) is 18.7 Å². The van der Waals surface area contributed by atoms with Crippen molar-refractivity contribution in [1.29, 1.82) is 0 Å². The molecular formula is C25H32FN3O5S. The molecule has 0 radical (unpaired) electrons. The molecule has 10 heteroatoms. The van der Waals surface area contributed by atoms with Gasteiger partial charge in [0.05, 0.1) is 11.3 Å². The standard InChI is InChI=1S/C25H32FN3O5S/c1-17-13-20(19-10-6-5-7-11-19)14-21(22(17)26)23(30)27-28-35(32,33)16-18-9-8-12-29(15-18)24(31)34-25(2,3)4/h5-7,10-11,13-14,18,28H,8-9,12,15-16H2,1-4H3,(H,27,30). The van der Waals surface area contributed by atoms with E-state index in [-0.39, 0.29) is 29.3 Å². The zero-order valence-electron chi connectivity index (χ0n) is 20.4. The number of rotatable bonds is 6. The first-order chi connectivity index (χ1) is 16.3. The van der Waals surface area contributed by atoms with E-state index in [9.17, 15) is 22.4 Å². The van der Waals surface area contributed by atoms with Gasteiger partial charge in [0, 0.05) is 13.1 Å². The molecule has 1 atom stereocenters. The fourth-order valence-corrected chi connectivity index (χ4v) is 5.19. The molecule has 2 aromatic rings. The topological polar surface area (TPSA) is 105 Å². The molecule has 0 aliphatic carbocycles. The quantitative estimate of drug-likeness (QED) is 0.577. The maximum absolute atomic E-state index is 14.7. The summed E-state index contributed by atoms with van der Waals surface area (Å²) >= 11 is 0. The van der Waals surface area contributed by atoms with Crippen molar-refractivity contribution in [2.24, 2.45) is 5.92 Å². The second kappa shape index (κ2) is 10.7. The molecule has 2 N–H and O–H groups in total. The van der Waals surface area contributed by atoms with Crippen LogP contribution in [0.4, 0.5) is 9.18 Å². The first-order valence-corrected chi connectivity index (χ1v) is 13.1. The van der Waals surface area contributed by atoms with Crippen LogP contribution in [0.15, 0.2) is 42.5 Å². The van der Waals surface area contributed by atoms with E-state index in [4.69, 9.17) is 4.74 Å². The van der Waals surface area contributed by atoms with Gasteiger partial charge in [0.25, 0.3) is 5.91 Å². The molecular weight excluding hydrogens is 473 g/mol. The largest absolute Gasteiger partial charge is 0.444 e. The van der Waals surface area contributed by atoms with Crippen LogP contribution in [0.25, 0.3) is 11.1 Å². The summed E-state index contributed by atoms with van der Waals surface area (Å²) in [5, 5.41) is 0. The minimum absolute atomic E-state index is 0.233. The number of benzene rings is 2. The van der Waals surface area contributed by atoms with Crippen molar-refractivity contribution >= 4 is 22.0 Å². The van der Waals surface area contributed by atoms with Gasteiger partial charge in [-0.15, -0.1) is 4.83 Å². The highest BCUT2D eigenvalue weighted by molar-refractivity contribution is 7.89. The van der Waals surface area contributed by atoms with E-state index in [0.717, 1.165) is 5.56 Å². The molecule has 1 aliphatic rings. The summed E-state index contributed by atoms with van der Waals surface area (Å²) in [7, 11) is -3.94. The van der Waals surface area contributed by atoms with Crippen molar-refractivity contribution in [2.45, 2.75) is 46.1 Å². The number of carbonyl (C=O) groups excluding carboxylic acids is 2. The maximum atomic E-state index is 14.7. The molecule has 0 saturated carbocycles. The van der Waals surface area contributed by atoms with Gasteiger partial charge in [0.1, 0.15) is 11.4 Å². The Hall–Kier alpha value is -2.98. The summed E-state index contributed by atoms with van der Waals surface area (Å²) in [5.74, 6) is -2.24. The molecule has 1 saturated heterocycles. The van der Waals surface area contributed by atoms with E-state index in [1.54, 1.807) is 33.8 Å². The fourth-order valence-electron chi connectivity index (χ4n) is 3.97. The third-order valence-corrected chi connectivity index (χ3v) is 6.88. The average molecular weight is 506 g/mol. The minimum atomic E-state index is -3.94. The van der Waals surface area contributed by atoms with Crippen molar-refractivity contribution in [3.63, 3.8) is 0 Å². The van der Waals surface area contributed by atoms with Crippen LogP contribution in [0.3, 0.4) is 0 Å². The first-order valence-electron chi connectivity index (χ1n) is 11.5. The molecule has 1 unspecified atom stereocenters. The molecule has 0 bridgehead atoms. The lowest BCUT2D eigenvalue weighted by Crippen LogP contribution is -2.48. The summed E-state index contributed by atoms with van der Waals surface area (Å²) in [6.07, 6.45) is 0.772. The van der Waals surface area contributed by atoms with Crippen LogP contribution >= 0.6 is 0 Å². The van der Waals surface area contributed by atoms with Crippen LogP contribution in [-0.4, -0.2) is 49.8 Å². The van der Waals surface area contributed by atoms with Crippen molar-refractivity contribution < 1.29 is 27.1 Å². The minimum Gasteiger partial charge on any atom is -0.444 e. The van der Waals surface area contributed by atoms with Gasteiger partial charge >= 0.3 is 6.09 Å². The summed E-state index contributed by atoms with van der Waals surface area (Å²) in [6, 6.07) is 12.2. The number of hydrogen-bond acceptors (Lipinski definition) is 5. The van der Waals surface area contributed by atoms with Gasteiger partial charge in [0.15, 0.2) is 0 Å². The number of halogens is 1. The van der Waals surface area contributed by atoms with E-state index in [1.807, 2.05) is 30.3 Å². The van der Waals surface area contributed by atoms with Crippen molar-refractivity contribution in [1.82, 2.24) is 15.2 Å². The molecule has 3 rings (SSSR count). The molecule has 1 fully saturated rings. The zero-order valence-corrected chi connectivity index (χ0v) is 21.2. The Bertz CT molecular complexity index is 1180. The molecule has 0 aromatic heterocycles. The number of nitrogens with one attached hydrogen (secondary N) is 2. The lowest BCUT2D eigenvalue weighted by molar-refractivity contribution is 0.0176. The van der Waals surface area contributed by atoms with E-state index >= 15 is 0 Å². The summed E-state index contributed by atoms with van der Waals surface area (Å²) in [4.78, 5) is 28.6. The Morgan fingerprint density at radius 2 is 1.83 bits per heavy atom. The number of ether oxygens (including phenoxy) is 1. The van der Waals surface area contributed by atoms with Crippen molar-refractivity contribution in [3.8, 4) is 11.1 Å². The number of amides is 2. The van der Waals surface area contributed by atoms with E-state index in [1.165, 1.54) is 11.0 Å². The average Bonchev–Trinajstić information content (AvgIpc) is 2.78. The Morgan fingerprint density at radius 1 is 1.14 bits per heavy atom. The number of hydrogen-bond donors (Lipinski definition) is 2. The zero-order chi connectivity index (χ0) is 25.8. The van der Waals surface area contributed by atoms with Gasteiger partial charge in [-0.1, -0.05) is 30.3 Å². The summed E-state index contributed by atoms with van der Waals surface area (Å²) in [5.41, 5.74) is 2.92. The normalized spacial score (nSPS) is 16.6. The molecule has 190 valence electrons. The SMILES string of the molecule is Cc1cc(-c2ccccc2)cc(C(=O)NNS(=O)(=O)CC2CCCN(C(=O)OC(C)(C)C)C2)c1F. The van der Waals surface area contributed by atoms with Gasteiger partial charge in [0.2, 0.25) is 10.0 Å². The fraction of sp³-hybridized carbons (Fsp3) is 0.440. The van der Waals surface area contributed by atoms with Gasteiger partial charge in [-0.2, -0.15) is 0 Å². The summed E-state index contributed by atoms with van der Waals surface area (Å²) < 4.78 is 45.3. The molecule has 0 spiro atoms. The smallest absolute Gasteiger partial charge is 0.410 e. The lowest BCUT2D eigenvalue weighted by Gasteiger charge is -2.34. The molecule has 2 aromatic carbocycles. The highest BCUT2D eigenvalue weighted by Crippen LogP contribution is 2.25. The monoisotopic (exact) mass is 505 g/mol. The lowest BCUT2D eigenvalue weighted by atomic mass is 9.99. The van der Waals surface area contributed by atoms with Crippen LogP contribution in [0.2, 0.25) is 0 Å².